The zero-order chi connectivity index (χ0) is 8.39. The van der Waals surface area contributed by atoms with Crippen LogP contribution in [0.25, 0.3) is 0 Å². The van der Waals surface area contributed by atoms with E-state index in [4.69, 9.17) is 0 Å². The molecule has 0 aromatic carbocycles. The standard InChI is InChI=1S/C7H13N5/c1-12-3-2-8-6(4-12)7-9-5-10-11-7/h5-6,8H,2-4H2,1H3,(H,9,10,11). The second kappa shape index (κ2) is 3.20. The van der Waals surface area contributed by atoms with Crippen molar-refractivity contribution < 1.29 is 0 Å². The second-order valence-corrected chi connectivity index (χ2v) is 3.14. The van der Waals surface area contributed by atoms with Crippen LogP contribution < -0.4 is 5.32 Å². The van der Waals surface area contributed by atoms with Gasteiger partial charge in [0, 0.05) is 19.6 Å². The van der Waals surface area contributed by atoms with Gasteiger partial charge in [-0.15, -0.1) is 0 Å². The van der Waals surface area contributed by atoms with Crippen LogP contribution in [0.5, 0.6) is 0 Å². The van der Waals surface area contributed by atoms with Crippen LogP contribution in [0.2, 0.25) is 0 Å². The van der Waals surface area contributed by atoms with Gasteiger partial charge < -0.3 is 10.2 Å². The van der Waals surface area contributed by atoms with Gasteiger partial charge in [-0.25, -0.2) is 4.98 Å². The maximum Gasteiger partial charge on any atom is 0.142 e. The molecule has 0 aliphatic carbocycles. The Kier molecular flexibility index (Phi) is 2.05. The molecule has 1 aromatic heterocycles. The number of likely N-dealkylation sites (N-methyl/N-ethyl adjacent to an activating group) is 1. The summed E-state index contributed by atoms with van der Waals surface area (Å²) in [5, 5.41) is 10.1. The number of nitrogens with zero attached hydrogens (tertiary/aromatic N) is 3. The summed E-state index contributed by atoms with van der Waals surface area (Å²) < 4.78 is 0. The lowest BCUT2D eigenvalue weighted by Gasteiger charge is -2.29. The SMILES string of the molecule is CN1CCNC(c2ncn[nH]2)C1. The molecule has 1 fully saturated rings. The maximum absolute atomic E-state index is 4.12. The molecule has 1 aliphatic heterocycles. The Morgan fingerprint density at radius 3 is 3.25 bits per heavy atom. The zero-order valence-corrected chi connectivity index (χ0v) is 7.12. The van der Waals surface area contributed by atoms with Crippen molar-refractivity contribution in [3.05, 3.63) is 12.2 Å². The van der Waals surface area contributed by atoms with Crippen molar-refractivity contribution in [1.29, 1.82) is 0 Å². The third kappa shape index (κ3) is 1.46. The summed E-state index contributed by atoms with van der Waals surface area (Å²) >= 11 is 0. The summed E-state index contributed by atoms with van der Waals surface area (Å²) in [5.41, 5.74) is 0. The molecule has 2 N–H and O–H groups in total. The first-order chi connectivity index (χ1) is 5.86. The van der Waals surface area contributed by atoms with E-state index < -0.39 is 0 Å². The summed E-state index contributed by atoms with van der Waals surface area (Å²) in [6.07, 6.45) is 1.55. The van der Waals surface area contributed by atoms with E-state index in [9.17, 15) is 0 Å². The van der Waals surface area contributed by atoms with Crippen LogP contribution in [0.1, 0.15) is 11.9 Å². The van der Waals surface area contributed by atoms with Gasteiger partial charge in [0.25, 0.3) is 0 Å². The van der Waals surface area contributed by atoms with E-state index in [0.29, 0.717) is 6.04 Å². The van der Waals surface area contributed by atoms with Gasteiger partial charge in [0.2, 0.25) is 0 Å². The monoisotopic (exact) mass is 167 g/mol. The summed E-state index contributed by atoms with van der Waals surface area (Å²) in [7, 11) is 2.12. The molecular formula is C7H13N5. The van der Waals surface area contributed by atoms with Gasteiger partial charge >= 0.3 is 0 Å². The summed E-state index contributed by atoms with van der Waals surface area (Å²) in [6.45, 7) is 3.11. The largest absolute Gasteiger partial charge is 0.305 e. The van der Waals surface area contributed by atoms with Crippen LogP contribution in [0.15, 0.2) is 6.33 Å². The summed E-state index contributed by atoms with van der Waals surface area (Å²) in [5.74, 6) is 0.932. The molecule has 0 radical (unpaired) electrons. The fourth-order valence-electron chi connectivity index (χ4n) is 1.46. The average molecular weight is 167 g/mol. The lowest BCUT2D eigenvalue weighted by Crippen LogP contribution is -2.44. The number of hydrogen-bond donors (Lipinski definition) is 2. The maximum atomic E-state index is 4.12. The molecule has 0 spiro atoms. The predicted molar refractivity (Wildman–Crippen MR) is 44.6 cm³/mol. The molecule has 1 aliphatic rings. The normalized spacial score (nSPS) is 25.9. The van der Waals surface area contributed by atoms with Gasteiger partial charge in [0.15, 0.2) is 0 Å². The summed E-state index contributed by atoms with van der Waals surface area (Å²) in [4.78, 5) is 6.40. The van der Waals surface area contributed by atoms with Crippen LogP contribution in [0, 0.1) is 0 Å². The molecule has 2 heterocycles. The van der Waals surface area contributed by atoms with Gasteiger partial charge in [0.05, 0.1) is 6.04 Å². The lowest BCUT2D eigenvalue weighted by molar-refractivity contribution is 0.235. The topological polar surface area (TPSA) is 56.8 Å². The Bertz CT molecular complexity index is 232. The Hall–Kier alpha value is -0.940. The van der Waals surface area contributed by atoms with E-state index in [1.807, 2.05) is 0 Å². The Balaban J connectivity index is 2.04. The Labute approximate surface area is 71.2 Å². The van der Waals surface area contributed by atoms with Crippen LogP contribution >= 0.6 is 0 Å². The van der Waals surface area contributed by atoms with Gasteiger partial charge in [-0.05, 0) is 7.05 Å². The van der Waals surface area contributed by atoms with Crippen molar-refractivity contribution in [1.82, 2.24) is 25.4 Å². The molecule has 66 valence electrons. The fraction of sp³-hybridized carbons (Fsp3) is 0.714. The predicted octanol–water partition coefficient (Wildman–Crippen LogP) is -0.619. The highest BCUT2D eigenvalue weighted by Gasteiger charge is 2.19. The third-order valence-electron chi connectivity index (χ3n) is 2.14. The quantitative estimate of drug-likeness (QED) is 0.585. The minimum atomic E-state index is 0.311. The Morgan fingerprint density at radius 2 is 2.58 bits per heavy atom. The second-order valence-electron chi connectivity index (χ2n) is 3.14. The third-order valence-corrected chi connectivity index (χ3v) is 2.14. The molecule has 1 atom stereocenters. The number of nitrogens with one attached hydrogen (secondary N) is 2. The van der Waals surface area contributed by atoms with E-state index in [1.165, 1.54) is 0 Å². The van der Waals surface area contributed by atoms with Crippen LogP contribution in [0.3, 0.4) is 0 Å². The molecular weight excluding hydrogens is 154 g/mol. The number of H-pyrrole nitrogens is 1. The van der Waals surface area contributed by atoms with Crippen LogP contribution in [0.4, 0.5) is 0 Å². The van der Waals surface area contributed by atoms with Crippen LogP contribution in [-0.4, -0.2) is 46.8 Å². The molecule has 1 saturated heterocycles. The minimum absolute atomic E-state index is 0.311. The lowest BCUT2D eigenvalue weighted by atomic mass is 10.2. The number of aromatic nitrogens is 3. The van der Waals surface area contributed by atoms with Gasteiger partial charge in [0.1, 0.15) is 12.2 Å². The van der Waals surface area contributed by atoms with Crippen molar-refractivity contribution in [2.45, 2.75) is 6.04 Å². The molecule has 0 saturated carbocycles. The van der Waals surface area contributed by atoms with Gasteiger partial charge in [-0.2, -0.15) is 5.10 Å². The van der Waals surface area contributed by atoms with E-state index in [1.54, 1.807) is 6.33 Å². The fourth-order valence-corrected chi connectivity index (χ4v) is 1.46. The molecule has 0 bridgehead atoms. The highest BCUT2D eigenvalue weighted by Crippen LogP contribution is 2.10. The number of piperazine rings is 1. The first-order valence-electron chi connectivity index (χ1n) is 4.13. The number of aromatic amines is 1. The van der Waals surface area contributed by atoms with Gasteiger partial charge in [-0.3, -0.25) is 5.10 Å². The minimum Gasteiger partial charge on any atom is -0.305 e. The molecule has 1 aromatic rings. The van der Waals surface area contributed by atoms with E-state index in [0.717, 1.165) is 25.5 Å². The Morgan fingerprint density at radius 1 is 1.67 bits per heavy atom. The van der Waals surface area contributed by atoms with Crippen LogP contribution in [-0.2, 0) is 0 Å². The first-order valence-corrected chi connectivity index (χ1v) is 4.13. The smallest absolute Gasteiger partial charge is 0.142 e. The molecule has 0 amide bonds. The van der Waals surface area contributed by atoms with Gasteiger partial charge in [-0.1, -0.05) is 0 Å². The highest BCUT2D eigenvalue weighted by molar-refractivity contribution is 4.94. The molecule has 2 rings (SSSR count). The number of hydrogen-bond acceptors (Lipinski definition) is 4. The van der Waals surface area contributed by atoms with Crippen molar-refractivity contribution >= 4 is 0 Å². The molecule has 12 heavy (non-hydrogen) atoms. The number of rotatable bonds is 1. The highest BCUT2D eigenvalue weighted by atomic mass is 15.2. The average Bonchev–Trinajstić information content (AvgIpc) is 2.56. The van der Waals surface area contributed by atoms with Crippen molar-refractivity contribution in [2.24, 2.45) is 0 Å². The van der Waals surface area contributed by atoms with E-state index in [-0.39, 0.29) is 0 Å². The van der Waals surface area contributed by atoms with Crippen molar-refractivity contribution in [3.63, 3.8) is 0 Å². The van der Waals surface area contributed by atoms with E-state index in [2.05, 4.69) is 32.4 Å². The first kappa shape index (κ1) is 7.70. The zero-order valence-electron chi connectivity index (χ0n) is 7.12. The summed E-state index contributed by atoms with van der Waals surface area (Å²) in [6, 6.07) is 0.311. The van der Waals surface area contributed by atoms with Crippen molar-refractivity contribution in [3.8, 4) is 0 Å². The molecule has 1 unspecified atom stereocenters. The molecule has 5 heteroatoms. The molecule has 5 nitrogen and oxygen atoms in total. The van der Waals surface area contributed by atoms with Crippen molar-refractivity contribution in [2.75, 3.05) is 26.7 Å². The van der Waals surface area contributed by atoms with E-state index >= 15 is 0 Å².